The van der Waals surface area contributed by atoms with Crippen LogP contribution in [0.25, 0.3) is 10.4 Å². The number of amides is 3. The summed E-state index contributed by atoms with van der Waals surface area (Å²) in [6.07, 6.45) is 1.95. The van der Waals surface area contributed by atoms with Crippen LogP contribution in [-0.2, 0) is 16.1 Å². The standard InChI is InChI=1S/C30H34N4O4S/c1-29(2,3)38-28(37)33-23-13-12-22(25-6-5-15-39-25)16-24(23)32-27(36)21-10-8-20(9-11-21)17-34-26(35)7-4-14-30(34)18-31-19-30/h5-6,8-13,15-16,31H,4,7,14,17-19H2,1-3H3,(H,32,36)(H,33,37). The third kappa shape index (κ3) is 6.15. The highest BCUT2D eigenvalue weighted by atomic mass is 32.1. The number of nitrogens with one attached hydrogen (secondary N) is 3. The lowest BCUT2D eigenvalue weighted by molar-refractivity contribution is -0.146. The molecule has 39 heavy (non-hydrogen) atoms. The molecule has 204 valence electrons. The number of carbonyl (C=O) groups excluding carboxylic acids is 3. The van der Waals surface area contributed by atoms with Crippen molar-refractivity contribution < 1.29 is 19.1 Å². The molecule has 2 saturated heterocycles. The summed E-state index contributed by atoms with van der Waals surface area (Å²) in [6, 6.07) is 16.8. The van der Waals surface area contributed by atoms with E-state index in [4.69, 9.17) is 4.74 Å². The number of hydrogen-bond donors (Lipinski definition) is 3. The van der Waals surface area contributed by atoms with Crippen molar-refractivity contribution in [3.05, 3.63) is 71.1 Å². The smallest absolute Gasteiger partial charge is 0.412 e. The number of ether oxygens (including phenoxy) is 1. The van der Waals surface area contributed by atoms with Crippen molar-refractivity contribution in [3.63, 3.8) is 0 Å². The van der Waals surface area contributed by atoms with Gasteiger partial charge < -0.3 is 20.3 Å². The van der Waals surface area contributed by atoms with Crippen molar-refractivity contribution in [2.75, 3.05) is 23.7 Å². The van der Waals surface area contributed by atoms with Crippen molar-refractivity contribution in [2.45, 2.75) is 57.7 Å². The van der Waals surface area contributed by atoms with E-state index in [2.05, 4.69) is 16.0 Å². The average molecular weight is 547 g/mol. The summed E-state index contributed by atoms with van der Waals surface area (Å²) in [5, 5.41) is 11.0. The van der Waals surface area contributed by atoms with E-state index in [9.17, 15) is 14.4 Å². The van der Waals surface area contributed by atoms with Gasteiger partial charge in [-0.1, -0.05) is 24.3 Å². The maximum Gasteiger partial charge on any atom is 0.412 e. The van der Waals surface area contributed by atoms with Crippen LogP contribution >= 0.6 is 11.3 Å². The maximum atomic E-state index is 13.3. The summed E-state index contributed by atoms with van der Waals surface area (Å²) in [5.74, 6) is -0.106. The number of piperidine rings is 1. The second-order valence-corrected chi connectivity index (χ2v) is 12.1. The fourth-order valence-electron chi connectivity index (χ4n) is 5.05. The molecule has 0 saturated carbocycles. The molecule has 3 amide bonds. The molecule has 0 bridgehead atoms. The van der Waals surface area contributed by atoms with Crippen LogP contribution in [0.4, 0.5) is 16.2 Å². The van der Waals surface area contributed by atoms with Gasteiger partial charge in [-0.25, -0.2) is 4.79 Å². The number of nitrogens with zero attached hydrogens (tertiary/aromatic N) is 1. The van der Waals surface area contributed by atoms with Gasteiger partial charge in [-0.3, -0.25) is 14.9 Å². The van der Waals surface area contributed by atoms with Crippen LogP contribution in [0, 0.1) is 0 Å². The van der Waals surface area contributed by atoms with Gasteiger partial charge in [-0.05, 0) is 80.5 Å². The Morgan fingerprint density at radius 3 is 2.46 bits per heavy atom. The topological polar surface area (TPSA) is 99.8 Å². The number of anilines is 2. The number of rotatable bonds is 6. The molecule has 0 aliphatic carbocycles. The number of benzene rings is 2. The summed E-state index contributed by atoms with van der Waals surface area (Å²) < 4.78 is 5.41. The van der Waals surface area contributed by atoms with Crippen LogP contribution in [0.15, 0.2) is 60.0 Å². The third-order valence-corrected chi connectivity index (χ3v) is 8.00. The Bertz CT molecular complexity index is 1360. The van der Waals surface area contributed by atoms with E-state index in [1.807, 2.05) is 46.7 Å². The van der Waals surface area contributed by atoms with Gasteiger partial charge in [0.25, 0.3) is 5.91 Å². The first-order valence-electron chi connectivity index (χ1n) is 13.2. The Hall–Kier alpha value is -3.69. The molecule has 3 N–H and O–H groups in total. The molecule has 3 heterocycles. The molecule has 8 nitrogen and oxygen atoms in total. The van der Waals surface area contributed by atoms with E-state index in [0.29, 0.717) is 29.9 Å². The van der Waals surface area contributed by atoms with Gasteiger partial charge in [0.1, 0.15) is 5.60 Å². The van der Waals surface area contributed by atoms with E-state index in [1.165, 1.54) is 0 Å². The number of thiophene rings is 1. The number of hydrogen-bond acceptors (Lipinski definition) is 6. The molecule has 2 aromatic carbocycles. The van der Waals surface area contributed by atoms with Crippen LogP contribution in [0.5, 0.6) is 0 Å². The minimum atomic E-state index is -0.653. The van der Waals surface area contributed by atoms with E-state index < -0.39 is 11.7 Å². The molecule has 1 spiro atoms. The molecule has 2 fully saturated rings. The zero-order chi connectivity index (χ0) is 27.6. The number of likely N-dealkylation sites (tertiary alicyclic amines) is 1. The van der Waals surface area contributed by atoms with Crippen LogP contribution in [0.3, 0.4) is 0 Å². The van der Waals surface area contributed by atoms with E-state index in [0.717, 1.165) is 41.9 Å². The van der Waals surface area contributed by atoms with Gasteiger partial charge in [0.2, 0.25) is 5.91 Å². The molecule has 0 unspecified atom stereocenters. The minimum absolute atomic E-state index is 0.0729. The average Bonchev–Trinajstić information content (AvgIpc) is 3.40. The van der Waals surface area contributed by atoms with Gasteiger partial charge in [0, 0.05) is 36.5 Å². The Labute approximate surface area is 232 Å². The fourth-order valence-corrected chi connectivity index (χ4v) is 5.77. The van der Waals surface area contributed by atoms with E-state index >= 15 is 0 Å². The molecule has 5 rings (SSSR count). The lowest BCUT2D eigenvalue weighted by Gasteiger charge is -2.53. The summed E-state index contributed by atoms with van der Waals surface area (Å²) >= 11 is 1.59. The highest BCUT2D eigenvalue weighted by molar-refractivity contribution is 7.13. The van der Waals surface area contributed by atoms with Crippen LogP contribution in [0.1, 0.15) is 56.0 Å². The molecule has 1 aromatic heterocycles. The van der Waals surface area contributed by atoms with Crippen LogP contribution < -0.4 is 16.0 Å². The predicted molar refractivity (Wildman–Crippen MR) is 154 cm³/mol. The molecule has 0 radical (unpaired) electrons. The third-order valence-electron chi connectivity index (χ3n) is 7.08. The molecule has 9 heteroatoms. The molecule has 0 atom stereocenters. The van der Waals surface area contributed by atoms with Crippen molar-refractivity contribution in [3.8, 4) is 10.4 Å². The highest BCUT2D eigenvalue weighted by Gasteiger charge is 2.46. The Morgan fingerprint density at radius 1 is 1.05 bits per heavy atom. The largest absolute Gasteiger partial charge is 0.444 e. The van der Waals surface area contributed by atoms with Gasteiger partial charge in [0.05, 0.1) is 16.9 Å². The normalized spacial score (nSPS) is 16.5. The molecular formula is C30H34N4O4S. The molecular weight excluding hydrogens is 512 g/mol. The summed E-state index contributed by atoms with van der Waals surface area (Å²) in [5.41, 5.74) is 2.58. The SMILES string of the molecule is CC(C)(C)OC(=O)Nc1ccc(-c2cccs2)cc1NC(=O)c1ccc(CN2C(=O)CCCC23CNC3)cc1. The fraction of sp³-hybridized carbons (Fsp3) is 0.367. The second-order valence-electron chi connectivity index (χ2n) is 11.2. The monoisotopic (exact) mass is 546 g/mol. The van der Waals surface area contributed by atoms with E-state index in [-0.39, 0.29) is 17.4 Å². The zero-order valence-corrected chi connectivity index (χ0v) is 23.3. The van der Waals surface area contributed by atoms with Gasteiger partial charge >= 0.3 is 6.09 Å². The first-order chi connectivity index (χ1) is 18.6. The minimum Gasteiger partial charge on any atom is -0.444 e. The van der Waals surface area contributed by atoms with Crippen molar-refractivity contribution in [1.82, 2.24) is 10.2 Å². The molecule has 2 aliphatic rings. The summed E-state index contributed by atoms with van der Waals surface area (Å²) in [6.45, 7) is 7.59. The first-order valence-corrected chi connectivity index (χ1v) is 14.1. The van der Waals surface area contributed by atoms with Gasteiger partial charge in [-0.2, -0.15) is 0 Å². The first kappa shape index (κ1) is 26.9. The Balaban J connectivity index is 1.32. The highest BCUT2D eigenvalue weighted by Crippen LogP contribution is 2.34. The van der Waals surface area contributed by atoms with Crippen LogP contribution in [-0.4, -0.2) is 47.0 Å². The lowest BCUT2D eigenvalue weighted by Crippen LogP contribution is -2.71. The second kappa shape index (κ2) is 10.8. The Kier molecular flexibility index (Phi) is 7.46. The predicted octanol–water partition coefficient (Wildman–Crippen LogP) is 5.87. The Morgan fingerprint density at radius 2 is 1.82 bits per heavy atom. The summed E-state index contributed by atoms with van der Waals surface area (Å²) in [4.78, 5) is 41.5. The lowest BCUT2D eigenvalue weighted by atomic mass is 9.81. The van der Waals surface area contributed by atoms with Crippen molar-refractivity contribution in [1.29, 1.82) is 0 Å². The molecule has 2 aliphatic heterocycles. The van der Waals surface area contributed by atoms with Gasteiger partial charge in [0.15, 0.2) is 0 Å². The summed E-state index contributed by atoms with van der Waals surface area (Å²) in [7, 11) is 0. The number of carbonyl (C=O) groups is 3. The quantitative estimate of drug-likeness (QED) is 0.359. The zero-order valence-electron chi connectivity index (χ0n) is 22.5. The van der Waals surface area contributed by atoms with Crippen molar-refractivity contribution in [2.24, 2.45) is 0 Å². The van der Waals surface area contributed by atoms with Gasteiger partial charge in [-0.15, -0.1) is 11.3 Å². The van der Waals surface area contributed by atoms with Crippen molar-refractivity contribution >= 4 is 40.6 Å². The van der Waals surface area contributed by atoms with E-state index in [1.54, 1.807) is 50.3 Å². The maximum absolute atomic E-state index is 13.3. The van der Waals surface area contributed by atoms with Crippen LogP contribution in [0.2, 0.25) is 0 Å². The molecule has 3 aromatic rings.